The highest BCUT2D eigenvalue weighted by atomic mass is 16.4. The number of carbonyl (C=O) groups excluding carboxylic acids is 1. The summed E-state index contributed by atoms with van der Waals surface area (Å²) < 4.78 is 5.28. The topological polar surface area (TPSA) is 79.5 Å². The lowest BCUT2D eigenvalue weighted by Gasteiger charge is -2.12. The van der Waals surface area contributed by atoms with Crippen LogP contribution in [0.4, 0.5) is 0 Å². The van der Waals surface area contributed by atoms with E-state index in [0.717, 1.165) is 12.8 Å². The fourth-order valence-electron chi connectivity index (χ4n) is 2.18. The van der Waals surface area contributed by atoms with Crippen molar-refractivity contribution >= 4 is 22.8 Å². The van der Waals surface area contributed by atoms with Crippen molar-refractivity contribution in [3.8, 4) is 0 Å². The third-order valence-electron chi connectivity index (χ3n) is 3.37. The number of carboxylic acids is 1. The number of hydrogen-bond acceptors (Lipinski definition) is 3. The highest BCUT2D eigenvalue weighted by Crippen LogP contribution is 2.33. The van der Waals surface area contributed by atoms with E-state index in [9.17, 15) is 9.59 Å². The van der Waals surface area contributed by atoms with Gasteiger partial charge in [-0.15, -0.1) is 0 Å². The van der Waals surface area contributed by atoms with Crippen LogP contribution in [0.5, 0.6) is 0 Å². The van der Waals surface area contributed by atoms with E-state index in [1.807, 2.05) is 12.1 Å². The maximum atomic E-state index is 12.1. The quantitative estimate of drug-likeness (QED) is 0.880. The molecule has 98 valence electrons. The van der Waals surface area contributed by atoms with Crippen molar-refractivity contribution in [2.45, 2.75) is 18.9 Å². The Morgan fingerprint density at radius 2 is 2.05 bits per heavy atom. The fraction of sp³-hybridized carbons (Fsp3) is 0.286. The van der Waals surface area contributed by atoms with Gasteiger partial charge in [-0.1, -0.05) is 18.2 Å². The van der Waals surface area contributed by atoms with E-state index in [1.165, 1.54) is 6.26 Å². The van der Waals surface area contributed by atoms with E-state index < -0.39 is 17.9 Å². The minimum absolute atomic E-state index is 0.0552. The van der Waals surface area contributed by atoms with Crippen molar-refractivity contribution in [2.75, 3.05) is 0 Å². The van der Waals surface area contributed by atoms with Crippen molar-refractivity contribution in [1.29, 1.82) is 0 Å². The molecule has 1 amide bonds. The molecule has 0 aliphatic heterocycles. The van der Waals surface area contributed by atoms with Crippen molar-refractivity contribution in [1.82, 2.24) is 5.32 Å². The van der Waals surface area contributed by atoms with Gasteiger partial charge >= 0.3 is 5.97 Å². The summed E-state index contributed by atoms with van der Waals surface area (Å²) in [5.41, 5.74) is 0.994. The minimum atomic E-state index is -0.983. The Morgan fingerprint density at radius 3 is 2.74 bits per heavy atom. The largest absolute Gasteiger partial charge is 0.480 e. The SMILES string of the molecule is O=C(NC(C(=O)O)C1CC1)c1coc2ccccc12. The van der Waals surface area contributed by atoms with Crippen LogP contribution >= 0.6 is 0 Å². The number of hydrogen-bond donors (Lipinski definition) is 2. The van der Waals surface area contributed by atoms with E-state index in [-0.39, 0.29) is 5.92 Å². The number of benzene rings is 1. The zero-order valence-corrected chi connectivity index (χ0v) is 10.1. The molecule has 3 rings (SSSR count). The van der Waals surface area contributed by atoms with Gasteiger partial charge in [0.2, 0.25) is 0 Å². The molecule has 1 aliphatic rings. The van der Waals surface area contributed by atoms with Gasteiger partial charge in [0.25, 0.3) is 5.91 Å². The molecule has 5 nitrogen and oxygen atoms in total. The number of fused-ring (bicyclic) bond motifs is 1. The summed E-state index contributed by atoms with van der Waals surface area (Å²) in [4.78, 5) is 23.2. The van der Waals surface area contributed by atoms with E-state index in [2.05, 4.69) is 5.32 Å². The average Bonchev–Trinajstić information content (AvgIpc) is 3.14. The second-order valence-electron chi connectivity index (χ2n) is 4.77. The lowest BCUT2D eigenvalue weighted by Crippen LogP contribution is -2.42. The molecule has 19 heavy (non-hydrogen) atoms. The van der Waals surface area contributed by atoms with E-state index in [0.29, 0.717) is 16.5 Å². The molecule has 1 atom stereocenters. The average molecular weight is 259 g/mol. The van der Waals surface area contributed by atoms with Crippen LogP contribution in [0.3, 0.4) is 0 Å². The van der Waals surface area contributed by atoms with Gasteiger partial charge < -0.3 is 14.8 Å². The maximum Gasteiger partial charge on any atom is 0.326 e. The van der Waals surface area contributed by atoms with Crippen LogP contribution < -0.4 is 5.32 Å². The molecule has 0 spiro atoms. The van der Waals surface area contributed by atoms with Crippen LogP contribution in [0.2, 0.25) is 0 Å². The smallest absolute Gasteiger partial charge is 0.326 e. The van der Waals surface area contributed by atoms with Gasteiger partial charge in [-0.25, -0.2) is 4.79 Å². The number of nitrogens with one attached hydrogen (secondary N) is 1. The summed E-state index contributed by atoms with van der Waals surface area (Å²) in [6, 6.07) is 6.37. The first-order chi connectivity index (χ1) is 9.16. The molecular weight excluding hydrogens is 246 g/mol. The molecule has 1 aromatic carbocycles. The fourth-order valence-corrected chi connectivity index (χ4v) is 2.18. The van der Waals surface area contributed by atoms with E-state index >= 15 is 0 Å². The monoisotopic (exact) mass is 259 g/mol. The van der Waals surface area contributed by atoms with Crippen LogP contribution in [0.25, 0.3) is 11.0 Å². The van der Waals surface area contributed by atoms with Gasteiger partial charge in [0.1, 0.15) is 17.9 Å². The lowest BCUT2D eigenvalue weighted by atomic mass is 10.1. The number of furan rings is 1. The molecule has 2 N–H and O–H groups in total. The Hall–Kier alpha value is -2.30. The van der Waals surface area contributed by atoms with Gasteiger partial charge in [-0.05, 0) is 24.8 Å². The first kappa shape index (κ1) is 11.8. The number of para-hydroxylation sites is 1. The zero-order chi connectivity index (χ0) is 13.4. The normalized spacial score (nSPS) is 16.2. The number of amides is 1. The molecule has 5 heteroatoms. The summed E-state index contributed by atoms with van der Waals surface area (Å²) in [5, 5.41) is 12.4. The molecule has 0 bridgehead atoms. The van der Waals surface area contributed by atoms with Gasteiger partial charge in [0.15, 0.2) is 0 Å². The maximum absolute atomic E-state index is 12.1. The number of carboxylic acid groups (broad SMARTS) is 1. The number of rotatable bonds is 4. The molecule has 0 radical (unpaired) electrons. The lowest BCUT2D eigenvalue weighted by molar-refractivity contribution is -0.139. The third-order valence-corrected chi connectivity index (χ3v) is 3.37. The second kappa shape index (κ2) is 4.42. The summed E-state index contributed by atoms with van der Waals surface area (Å²) in [5.74, 6) is -1.33. The molecule has 0 saturated heterocycles. The predicted molar refractivity (Wildman–Crippen MR) is 67.8 cm³/mol. The molecule has 2 aromatic rings. The number of carbonyl (C=O) groups is 2. The second-order valence-corrected chi connectivity index (χ2v) is 4.77. The number of aliphatic carboxylic acids is 1. The summed E-state index contributed by atoms with van der Waals surface area (Å²) in [6.45, 7) is 0. The standard InChI is InChI=1S/C14H13NO4/c16-13(15-12(14(17)18)8-5-6-8)10-7-19-11-4-2-1-3-9(10)11/h1-4,7-8,12H,5-6H2,(H,15,16)(H,17,18). The van der Waals surface area contributed by atoms with Crippen LogP contribution in [0, 0.1) is 5.92 Å². The minimum Gasteiger partial charge on any atom is -0.480 e. The Balaban J connectivity index is 1.85. The Kier molecular flexibility index (Phi) is 2.74. The predicted octanol–water partition coefficient (Wildman–Crippen LogP) is 2.03. The Morgan fingerprint density at radius 1 is 1.32 bits per heavy atom. The first-order valence-electron chi connectivity index (χ1n) is 6.16. The molecule has 1 saturated carbocycles. The third kappa shape index (κ3) is 2.19. The Labute approximate surface area is 109 Å². The van der Waals surface area contributed by atoms with Gasteiger partial charge in [0, 0.05) is 5.39 Å². The van der Waals surface area contributed by atoms with E-state index in [4.69, 9.17) is 9.52 Å². The van der Waals surface area contributed by atoms with Crippen molar-refractivity contribution in [2.24, 2.45) is 5.92 Å². The van der Waals surface area contributed by atoms with Gasteiger partial charge in [0.05, 0.1) is 5.56 Å². The van der Waals surface area contributed by atoms with Crippen LogP contribution in [-0.4, -0.2) is 23.0 Å². The van der Waals surface area contributed by atoms with E-state index in [1.54, 1.807) is 12.1 Å². The summed E-state index contributed by atoms with van der Waals surface area (Å²) >= 11 is 0. The van der Waals surface area contributed by atoms with Crippen LogP contribution in [-0.2, 0) is 4.79 Å². The molecule has 1 aliphatic carbocycles. The van der Waals surface area contributed by atoms with Crippen molar-refractivity contribution in [3.05, 3.63) is 36.1 Å². The first-order valence-corrected chi connectivity index (χ1v) is 6.16. The summed E-state index contributed by atoms with van der Waals surface area (Å²) in [6.07, 6.45) is 3.07. The molecule has 1 fully saturated rings. The zero-order valence-electron chi connectivity index (χ0n) is 10.1. The summed E-state index contributed by atoms with van der Waals surface area (Å²) in [7, 11) is 0. The molecule has 1 heterocycles. The van der Waals surface area contributed by atoms with Crippen molar-refractivity contribution in [3.63, 3.8) is 0 Å². The molecular formula is C14H13NO4. The Bertz CT molecular complexity index is 642. The molecule has 1 aromatic heterocycles. The molecule has 1 unspecified atom stereocenters. The van der Waals surface area contributed by atoms with Gasteiger partial charge in [-0.2, -0.15) is 0 Å². The van der Waals surface area contributed by atoms with Crippen molar-refractivity contribution < 1.29 is 19.1 Å². The highest BCUT2D eigenvalue weighted by molar-refractivity contribution is 6.06. The van der Waals surface area contributed by atoms with Gasteiger partial charge in [-0.3, -0.25) is 4.79 Å². The highest BCUT2D eigenvalue weighted by Gasteiger charge is 2.37. The van der Waals surface area contributed by atoms with Crippen LogP contribution in [0.1, 0.15) is 23.2 Å². The van der Waals surface area contributed by atoms with Crippen LogP contribution in [0.15, 0.2) is 34.9 Å².